The molecule has 0 aliphatic heterocycles. The lowest BCUT2D eigenvalue weighted by atomic mass is 9.93. The second-order valence-corrected chi connectivity index (χ2v) is 7.59. The van der Waals surface area contributed by atoms with Crippen LogP contribution in [0.15, 0.2) is 39.3 Å². The number of rotatable bonds is 12. The highest BCUT2D eigenvalue weighted by atomic mass is 79.9. The van der Waals surface area contributed by atoms with E-state index in [0.717, 1.165) is 29.5 Å². The van der Waals surface area contributed by atoms with Gasteiger partial charge in [-0.2, -0.15) is 0 Å². The molecular formula is C20H28BrNO5. The van der Waals surface area contributed by atoms with E-state index in [2.05, 4.69) is 21.1 Å². The van der Waals surface area contributed by atoms with Crippen molar-refractivity contribution in [2.75, 3.05) is 20.3 Å². The zero-order valence-electron chi connectivity index (χ0n) is 16.1. The summed E-state index contributed by atoms with van der Waals surface area (Å²) in [4.78, 5) is 0. The highest BCUT2D eigenvalue weighted by Gasteiger charge is 2.28. The molecule has 6 nitrogen and oxygen atoms in total. The van der Waals surface area contributed by atoms with Crippen LogP contribution in [0.5, 0.6) is 11.6 Å². The highest BCUT2D eigenvalue weighted by Crippen LogP contribution is 2.30. The van der Waals surface area contributed by atoms with Crippen LogP contribution >= 0.6 is 15.9 Å². The van der Waals surface area contributed by atoms with Gasteiger partial charge in [-0.05, 0) is 54.6 Å². The molecule has 27 heavy (non-hydrogen) atoms. The van der Waals surface area contributed by atoms with Crippen LogP contribution in [0, 0.1) is 5.92 Å². The summed E-state index contributed by atoms with van der Waals surface area (Å²) in [7, 11) is 1.47. The van der Waals surface area contributed by atoms with Crippen molar-refractivity contribution in [3.63, 3.8) is 0 Å². The Morgan fingerprint density at radius 3 is 2.37 bits per heavy atom. The molecule has 1 aromatic carbocycles. The zero-order chi connectivity index (χ0) is 19.6. The summed E-state index contributed by atoms with van der Waals surface area (Å²) in [6.45, 7) is 5.22. The Morgan fingerprint density at radius 2 is 1.74 bits per heavy atom. The van der Waals surface area contributed by atoms with Crippen molar-refractivity contribution >= 4 is 15.9 Å². The van der Waals surface area contributed by atoms with Gasteiger partial charge in [-0.1, -0.05) is 29.8 Å². The summed E-state index contributed by atoms with van der Waals surface area (Å²) in [5.41, 5.74) is 0. The molecule has 2 rings (SSSR count). The summed E-state index contributed by atoms with van der Waals surface area (Å²) in [6, 6.07) is 9.54. The van der Waals surface area contributed by atoms with E-state index in [-0.39, 0.29) is 11.8 Å². The maximum Gasteiger partial charge on any atom is 0.254 e. The Bertz CT molecular complexity index is 659. The van der Waals surface area contributed by atoms with Gasteiger partial charge >= 0.3 is 0 Å². The van der Waals surface area contributed by atoms with Gasteiger partial charge in [0.15, 0.2) is 6.29 Å². The van der Waals surface area contributed by atoms with Crippen LogP contribution in [0.4, 0.5) is 0 Å². The third kappa shape index (κ3) is 7.16. The quantitative estimate of drug-likeness (QED) is 0.377. The average molecular weight is 442 g/mol. The lowest BCUT2D eigenvalue weighted by molar-refractivity contribution is -0.105. The Balaban J connectivity index is 1.64. The number of hydrogen-bond donors (Lipinski definition) is 1. The molecule has 0 aliphatic rings. The number of ether oxygens (including phenoxy) is 3. The van der Waals surface area contributed by atoms with Crippen molar-refractivity contribution < 1.29 is 23.8 Å². The first-order chi connectivity index (χ1) is 13.0. The first-order valence-electron chi connectivity index (χ1n) is 9.20. The second kappa shape index (κ2) is 11.3. The number of aliphatic hydroxyl groups is 1. The van der Waals surface area contributed by atoms with Gasteiger partial charge < -0.3 is 23.8 Å². The van der Waals surface area contributed by atoms with Gasteiger partial charge in [-0.25, -0.2) is 0 Å². The van der Waals surface area contributed by atoms with Crippen LogP contribution in [-0.2, 0) is 4.74 Å². The molecule has 0 bridgehead atoms. The molecule has 150 valence electrons. The van der Waals surface area contributed by atoms with E-state index in [4.69, 9.17) is 18.7 Å². The van der Waals surface area contributed by atoms with Gasteiger partial charge in [-0.3, -0.25) is 0 Å². The van der Waals surface area contributed by atoms with E-state index in [1.54, 1.807) is 6.07 Å². The average Bonchev–Trinajstić information content (AvgIpc) is 3.10. The van der Waals surface area contributed by atoms with Gasteiger partial charge in [0, 0.05) is 17.6 Å². The molecule has 0 spiro atoms. The molecule has 7 heteroatoms. The predicted octanol–water partition coefficient (Wildman–Crippen LogP) is 4.77. The Morgan fingerprint density at radius 1 is 1.07 bits per heavy atom. The summed E-state index contributed by atoms with van der Waals surface area (Å²) >= 11 is 3.40. The summed E-state index contributed by atoms with van der Waals surface area (Å²) in [5.74, 6) is 1.74. The third-order valence-electron chi connectivity index (χ3n) is 4.22. The van der Waals surface area contributed by atoms with E-state index < -0.39 is 6.29 Å². The first kappa shape index (κ1) is 21.7. The third-order valence-corrected chi connectivity index (χ3v) is 4.75. The summed E-state index contributed by atoms with van der Waals surface area (Å²) in [5, 5.41) is 13.9. The van der Waals surface area contributed by atoms with Crippen LogP contribution in [0.1, 0.15) is 44.8 Å². The van der Waals surface area contributed by atoms with Gasteiger partial charge in [0.05, 0.1) is 19.1 Å². The van der Waals surface area contributed by atoms with E-state index >= 15 is 0 Å². The molecule has 1 aromatic heterocycles. The molecule has 1 N–H and O–H groups in total. The van der Waals surface area contributed by atoms with E-state index in [0.29, 0.717) is 24.9 Å². The molecule has 0 saturated heterocycles. The van der Waals surface area contributed by atoms with Gasteiger partial charge in [0.1, 0.15) is 11.5 Å². The molecule has 0 radical (unpaired) electrons. The zero-order valence-corrected chi connectivity index (χ0v) is 17.6. The number of aliphatic hydroxyl groups excluding tert-OH is 1. The molecule has 0 aliphatic carbocycles. The number of halogens is 1. The van der Waals surface area contributed by atoms with Crippen molar-refractivity contribution in [3.05, 3.63) is 40.6 Å². The number of nitrogens with zero attached hydrogens (tertiary/aromatic N) is 1. The van der Waals surface area contributed by atoms with E-state index in [9.17, 15) is 5.11 Å². The summed E-state index contributed by atoms with van der Waals surface area (Å²) < 4.78 is 22.7. The monoisotopic (exact) mass is 441 g/mol. The molecule has 2 aromatic rings. The predicted molar refractivity (Wildman–Crippen MR) is 106 cm³/mol. The topological polar surface area (TPSA) is 74.0 Å². The molecule has 1 heterocycles. The van der Waals surface area contributed by atoms with Crippen molar-refractivity contribution in [1.82, 2.24) is 5.16 Å². The fourth-order valence-electron chi connectivity index (χ4n) is 2.72. The van der Waals surface area contributed by atoms with Gasteiger partial charge in [0.25, 0.3) is 5.88 Å². The van der Waals surface area contributed by atoms with Gasteiger partial charge in [0.2, 0.25) is 0 Å². The lowest BCUT2D eigenvalue weighted by Crippen LogP contribution is -2.24. The number of benzene rings is 1. The standard InChI is InChI=1S/C20H28BrNO5/c1-14(2)19(20(23)24-3)17-13-18(22-27-17)26-12-6-4-5-11-25-16-9-7-15(21)8-10-16/h7-10,13-14,19-20,23H,4-6,11-12H2,1-3H3. The Kier molecular flexibility index (Phi) is 9.10. The van der Waals surface area contributed by atoms with Crippen LogP contribution in [-0.4, -0.2) is 36.9 Å². The largest absolute Gasteiger partial charge is 0.494 e. The molecule has 0 saturated carbocycles. The van der Waals surface area contributed by atoms with Crippen molar-refractivity contribution in [3.8, 4) is 11.6 Å². The maximum atomic E-state index is 9.98. The number of hydrogen-bond acceptors (Lipinski definition) is 6. The minimum Gasteiger partial charge on any atom is -0.494 e. The number of methoxy groups -OCH3 is 1. The minimum absolute atomic E-state index is 0.145. The fourth-order valence-corrected chi connectivity index (χ4v) is 2.98. The maximum absolute atomic E-state index is 9.98. The second-order valence-electron chi connectivity index (χ2n) is 6.68. The van der Waals surface area contributed by atoms with Crippen molar-refractivity contribution in [1.29, 1.82) is 0 Å². The Labute approximate surface area is 168 Å². The van der Waals surface area contributed by atoms with Crippen LogP contribution < -0.4 is 9.47 Å². The molecular weight excluding hydrogens is 414 g/mol. The van der Waals surface area contributed by atoms with Crippen LogP contribution in [0.2, 0.25) is 0 Å². The van der Waals surface area contributed by atoms with Crippen LogP contribution in [0.3, 0.4) is 0 Å². The highest BCUT2D eigenvalue weighted by molar-refractivity contribution is 9.10. The van der Waals surface area contributed by atoms with Crippen molar-refractivity contribution in [2.45, 2.75) is 45.3 Å². The van der Waals surface area contributed by atoms with Crippen LogP contribution in [0.25, 0.3) is 0 Å². The first-order valence-corrected chi connectivity index (χ1v) is 9.99. The fraction of sp³-hybridized carbons (Fsp3) is 0.550. The number of unbranched alkanes of at least 4 members (excludes halogenated alkanes) is 2. The SMILES string of the molecule is COC(O)C(c1cc(OCCCCCOc2ccc(Br)cc2)no1)C(C)C. The summed E-state index contributed by atoms with van der Waals surface area (Å²) in [6.07, 6.45) is 1.92. The van der Waals surface area contributed by atoms with Gasteiger partial charge in [-0.15, -0.1) is 0 Å². The molecule has 2 atom stereocenters. The molecule has 0 fully saturated rings. The molecule has 2 unspecified atom stereocenters. The molecule has 0 amide bonds. The Hall–Kier alpha value is -1.57. The smallest absolute Gasteiger partial charge is 0.254 e. The normalized spacial score (nSPS) is 13.6. The van der Waals surface area contributed by atoms with E-state index in [1.807, 2.05) is 38.1 Å². The number of aromatic nitrogens is 1. The lowest BCUT2D eigenvalue weighted by Gasteiger charge is -2.22. The minimum atomic E-state index is -0.934. The van der Waals surface area contributed by atoms with E-state index in [1.165, 1.54) is 7.11 Å². The van der Waals surface area contributed by atoms with Crippen molar-refractivity contribution in [2.24, 2.45) is 5.92 Å².